The maximum Gasteiger partial charge on any atom is 0.447 e. The lowest BCUT2D eigenvalue weighted by Crippen LogP contribution is -2.50. The Morgan fingerprint density at radius 3 is 2.74 bits per heavy atom. The van der Waals surface area contributed by atoms with Crippen LogP contribution in [0, 0.1) is 11.8 Å². The second-order valence-electron chi connectivity index (χ2n) is 10.4. The molecular weight excluding hydrogens is 626 g/mol. The number of halogens is 4. The van der Waals surface area contributed by atoms with Gasteiger partial charge in [-0.2, -0.15) is 13.2 Å². The van der Waals surface area contributed by atoms with E-state index in [1.807, 2.05) is 0 Å². The van der Waals surface area contributed by atoms with Crippen molar-refractivity contribution in [2.75, 3.05) is 50.5 Å². The number of hydrogen-bond acceptors (Lipinski definition) is 8. The predicted octanol–water partition coefficient (Wildman–Crippen LogP) is 4.03. The largest absolute Gasteiger partial charge is 0.495 e. The van der Waals surface area contributed by atoms with Crippen molar-refractivity contribution in [2.24, 2.45) is 10.7 Å². The maximum absolute atomic E-state index is 15.4. The van der Waals surface area contributed by atoms with E-state index in [1.54, 1.807) is 30.3 Å². The van der Waals surface area contributed by atoms with Crippen LogP contribution in [0.15, 0.2) is 64.4 Å². The van der Waals surface area contributed by atoms with Crippen molar-refractivity contribution in [3.63, 3.8) is 0 Å². The van der Waals surface area contributed by atoms with E-state index < -0.39 is 23.6 Å². The van der Waals surface area contributed by atoms with Gasteiger partial charge in [0.15, 0.2) is 0 Å². The quantitative estimate of drug-likeness (QED) is 0.186. The molecule has 3 aromatic rings. The Hall–Kier alpha value is -4.84. The van der Waals surface area contributed by atoms with Crippen LogP contribution in [-0.4, -0.2) is 84.9 Å². The average Bonchev–Trinajstić information content (AvgIpc) is 3.37. The highest BCUT2D eigenvalue weighted by molar-refractivity contribution is 8.00. The van der Waals surface area contributed by atoms with Gasteiger partial charge in [-0.25, -0.2) is 4.39 Å². The molecule has 0 aliphatic carbocycles. The van der Waals surface area contributed by atoms with E-state index in [2.05, 4.69) is 32.8 Å². The van der Waals surface area contributed by atoms with E-state index >= 15 is 4.39 Å². The van der Waals surface area contributed by atoms with Gasteiger partial charge in [0.25, 0.3) is 11.8 Å². The topological polar surface area (TPSA) is 125 Å². The van der Waals surface area contributed by atoms with Crippen molar-refractivity contribution in [3.8, 4) is 17.6 Å². The van der Waals surface area contributed by atoms with Gasteiger partial charge in [0.1, 0.15) is 16.9 Å². The van der Waals surface area contributed by atoms with Crippen LogP contribution in [0.3, 0.4) is 0 Å². The first-order valence-corrected chi connectivity index (χ1v) is 15.1. The summed E-state index contributed by atoms with van der Waals surface area (Å²) in [5.74, 6) is 5.22. The zero-order chi connectivity index (χ0) is 32.8. The number of carbonyl (C=O) groups is 2. The van der Waals surface area contributed by atoms with Crippen LogP contribution in [0.5, 0.6) is 5.75 Å². The Labute approximate surface area is 266 Å². The maximum atomic E-state index is 15.4. The molecule has 2 amide bonds. The van der Waals surface area contributed by atoms with Crippen LogP contribution in [0.4, 0.5) is 28.9 Å². The third-order valence-electron chi connectivity index (χ3n) is 7.33. The van der Waals surface area contributed by atoms with Gasteiger partial charge in [0.05, 0.1) is 60.9 Å². The normalized spacial score (nSPS) is 20.8. The molecule has 0 spiro atoms. The molecule has 15 heteroatoms. The lowest BCUT2D eigenvalue weighted by atomic mass is 10.0. The number of ether oxygens (including phenoxy) is 1. The molecule has 6 rings (SSSR count). The van der Waals surface area contributed by atoms with Crippen LogP contribution in [-0.2, 0) is 4.79 Å². The number of benzene rings is 1. The number of nitrogens with zero attached hydrogens (tertiary/aromatic N) is 3. The second kappa shape index (κ2) is 14.1. The number of allylic oxidation sites excluding steroid dienone is 1. The first-order valence-electron chi connectivity index (χ1n) is 14.3. The Morgan fingerprint density at radius 2 is 1.98 bits per heavy atom. The first-order chi connectivity index (χ1) is 22.0. The van der Waals surface area contributed by atoms with Crippen molar-refractivity contribution in [3.05, 3.63) is 65.5 Å². The van der Waals surface area contributed by atoms with Gasteiger partial charge in [-0.15, -0.1) is 0 Å². The number of amides is 2. The summed E-state index contributed by atoms with van der Waals surface area (Å²) in [6.07, 6.45) is 2.94. The van der Waals surface area contributed by atoms with Crippen molar-refractivity contribution < 1.29 is 31.9 Å². The van der Waals surface area contributed by atoms with E-state index in [1.165, 1.54) is 41.0 Å². The summed E-state index contributed by atoms with van der Waals surface area (Å²) in [7, 11) is 1.47. The number of anilines is 2. The molecule has 1 fully saturated rings. The minimum atomic E-state index is -4.59. The van der Waals surface area contributed by atoms with Crippen molar-refractivity contribution in [2.45, 2.75) is 29.2 Å². The highest BCUT2D eigenvalue weighted by atomic mass is 32.2. The molecule has 2 atom stereocenters. The molecule has 10 nitrogen and oxygen atoms in total. The number of nitrogens with one attached hydrogen (secondary N) is 3. The molecule has 46 heavy (non-hydrogen) atoms. The summed E-state index contributed by atoms with van der Waals surface area (Å²) >= 11 is -0.293. The number of rotatable bonds is 2. The van der Waals surface area contributed by atoms with Gasteiger partial charge >= 0.3 is 5.51 Å². The number of nitrogens with two attached hydrogens (primary N) is 1. The van der Waals surface area contributed by atoms with Crippen LogP contribution in [0.25, 0.3) is 5.52 Å². The van der Waals surface area contributed by atoms with E-state index in [9.17, 15) is 22.8 Å². The predicted molar refractivity (Wildman–Crippen MR) is 169 cm³/mol. The first kappa shape index (κ1) is 32.6. The number of methoxy groups -OCH3 is 1. The average molecular weight is 658 g/mol. The van der Waals surface area contributed by atoms with Crippen molar-refractivity contribution >= 4 is 46.7 Å². The van der Waals surface area contributed by atoms with E-state index in [0.29, 0.717) is 28.2 Å². The summed E-state index contributed by atoms with van der Waals surface area (Å²) in [5.41, 5.74) is 2.97. The Balaban J connectivity index is 1.51. The lowest BCUT2D eigenvalue weighted by Gasteiger charge is -2.35. The molecule has 2 unspecified atom stereocenters. The second-order valence-corrected chi connectivity index (χ2v) is 11.5. The molecule has 6 bridgehead atoms. The monoisotopic (exact) mass is 657 g/mol. The van der Waals surface area contributed by atoms with Gasteiger partial charge in [0, 0.05) is 42.8 Å². The third kappa shape index (κ3) is 7.68. The standard InChI is InChI=1S/C31H31F4N7O3S/c1-45-27-7-6-19-16-25(27)38-10-2-4-20-17-26-24(5-3-14-42(26)30(20)46-31(33,34)35)40-23-9-15-41(18-21(23)32)29(44)22(36)8-11-37-12-13-39-28(19)43/h3,5-8,11,14,16-17,21,23,38,40H,9-10,12-13,15,18,36H2,1H3,(H,39,43)/b22-8-,37-11?. The summed E-state index contributed by atoms with van der Waals surface area (Å²) in [5, 5.41) is 8.80. The van der Waals surface area contributed by atoms with Gasteiger partial charge in [-0.3, -0.25) is 14.6 Å². The van der Waals surface area contributed by atoms with Gasteiger partial charge in [0.2, 0.25) is 0 Å². The Morgan fingerprint density at radius 1 is 1.15 bits per heavy atom. The van der Waals surface area contributed by atoms with Gasteiger partial charge < -0.3 is 35.7 Å². The summed E-state index contributed by atoms with van der Waals surface area (Å²) in [4.78, 5) is 31.0. The fourth-order valence-electron chi connectivity index (χ4n) is 5.11. The molecule has 0 radical (unpaired) electrons. The lowest BCUT2D eigenvalue weighted by molar-refractivity contribution is -0.129. The fourth-order valence-corrected chi connectivity index (χ4v) is 5.81. The molecule has 3 aliphatic heterocycles. The SMILES string of the molecule is COc1ccc2cc1NCC#Cc1cc3c(cccn3c1SC(F)(F)F)NC1CCN(CC1F)C(=O)/C(N)=C/C=NCCNC2=O. The zero-order valence-corrected chi connectivity index (χ0v) is 25.5. The number of carbonyl (C=O) groups excluding carboxylic acids is 2. The molecule has 1 saturated heterocycles. The molecule has 242 valence electrons. The number of piperidine rings is 1. The number of hydrogen-bond donors (Lipinski definition) is 4. The van der Waals surface area contributed by atoms with Crippen molar-refractivity contribution in [1.82, 2.24) is 14.6 Å². The fraction of sp³-hybridized carbons (Fsp3) is 0.323. The smallest absolute Gasteiger partial charge is 0.447 e. The number of fused-ring (bicyclic) bond motifs is 10. The van der Waals surface area contributed by atoms with E-state index in [-0.39, 0.29) is 73.1 Å². The Kier molecular flexibility index (Phi) is 9.96. The molecule has 1 aromatic carbocycles. The molecule has 0 saturated carbocycles. The van der Waals surface area contributed by atoms with Gasteiger partial charge in [-0.05, 0) is 48.9 Å². The Bertz CT molecular complexity index is 1750. The molecular formula is C31H31F4N7O3S. The minimum Gasteiger partial charge on any atom is -0.495 e. The molecule has 5 heterocycles. The van der Waals surface area contributed by atoms with Crippen molar-refractivity contribution in [1.29, 1.82) is 0 Å². The number of thioether (sulfide) groups is 1. The number of pyridine rings is 1. The summed E-state index contributed by atoms with van der Waals surface area (Å²) < 4.78 is 63.0. The number of aromatic nitrogens is 1. The van der Waals surface area contributed by atoms with Crippen LogP contribution < -0.4 is 26.4 Å². The van der Waals surface area contributed by atoms with Gasteiger partial charge in [-0.1, -0.05) is 11.8 Å². The van der Waals surface area contributed by atoms with E-state index in [0.717, 1.165) is 0 Å². The molecule has 5 N–H and O–H groups in total. The number of alkyl halides is 4. The molecule has 2 aromatic heterocycles. The summed E-state index contributed by atoms with van der Waals surface area (Å²) in [6, 6.07) is 8.81. The minimum absolute atomic E-state index is 0.0288. The summed E-state index contributed by atoms with van der Waals surface area (Å²) in [6.45, 7) is 0.437. The highest BCUT2D eigenvalue weighted by Crippen LogP contribution is 2.41. The molecule has 3 aliphatic rings. The van der Waals surface area contributed by atoms with Crippen LogP contribution in [0.2, 0.25) is 0 Å². The highest BCUT2D eigenvalue weighted by Gasteiger charge is 2.34. The third-order valence-corrected chi connectivity index (χ3v) is 8.17. The zero-order valence-electron chi connectivity index (χ0n) is 24.7. The number of aliphatic imine (C=N–C) groups is 1. The van der Waals surface area contributed by atoms with Crippen LogP contribution in [0.1, 0.15) is 22.3 Å². The van der Waals surface area contributed by atoms with E-state index in [4.69, 9.17) is 10.5 Å². The van der Waals surface area contributed by atoms with Crippen LogP contribution >= 0.6 is 11.8 Å².